The quantitative estimate of drug-likeness (QED) is 0.673. The van der Waals surface area contributed by atoms with Gasteiger partial charge in [-0.15, -0.1) is 0 Å². The van der Waals surface area contributed by atoms with Gasteiger partial charge in [-0.25, -0.2) is 0 Å². The number of alkyl halides is 7. The number of halogens is 8. The van der Waals surface area contributed by atoms with Gasteiger partial charge < -0.3 is 0 Å². The Kier molecular flexibility index (Phi) is 3.40. The molecule has 0 radical (unpaired) electrons. The lowest BCUT2D eigenvalue weighted by atomic mass is 10.1. The zero-order valence-electron chi connectivity index (χ0n) is 5.68. The first-order chi connectivity index (χ1) is 5.56. The zero-order valence-corrected chi connectivity index (χ0v) is 7.26. The van der Waals surface area contributed by atoms with E-state index in [9.17, 15) is 30.7 Å². The minimum absolute atomic E-state index is 0.243. The van der Waals surface area contributed by atoms with Crippen molar-refractivity contribution in [3.8, 4) is 0 Å². The molecule has 0 aromatic heterocycles. The number of allylic oxidation sites excluding steroid dienone is 1. The van der Waals surface area contributed by atoms with Gasteiger partial charge in [0.2, 0.25) is 0 Å². The van der Waals surface area contributed by atoms with E-state index in [0.29, 0.717) is 0 Å². The van der Waals surface area contributed by atoms with Crippen molar-refractivity contribution >= 4 is 15.9 Å². The summed E-state index contributed by atoms with van der Waals surface area (Å²) in [5, 5.41) is 0. The lowest BCUT2D eigenvalue weighted by molar-refractivity contribution is -0.341. The van der Waals surface area contributed by atoms with E-state index in [1.807, 2.05) is 0 Å². The number of rotatable bonds is 2. The van der Waals surface area contributed by atoms with Crippen molar-refractivity contribution in [1.82, 2.24) is 0 Å². The summed E-state index contributed by atoms with van der Waals surface area (Å²) >= 11 is 2.18. The van der Waals surface area contributed by atoms with Crippen LogP contribution < -0.4 is 0 Å². The molecule has 0 aliphatic heterocycles. The summed E-state index contributed by atoms with van der Waals surface area (Å²) in [5.41, 5.74) is 0. The SMILES string of the molecule is FC(F)(F)C(F)(F)C(F)(F)C=CBr. The maximum atomic E-state index is 12.1. The second-order valence-corrected chi connectivity index (χ2v) is 2.52. The van der Waals surface area contributed by atoms with Gasteiger partial charge in [0, 0.05) is 0 Å². The topological polar surface area (TPSA) is 0 Å². The van der Waals surface area contributed by atoms with E-state index >= 15 is 0 Å². The standard InChI is InChI=1S/C5H2BrF7/c6-2-1-3(7,8)4(9,10)5(11,12)13/h1-2H. The zero-order chi connectivity index (χ0) is 10.9. The van der Waals surface area contributed by atoms with Crippen LogP contribution in [0.1, 0.15) is 0 Å². The van der Waals surface area contributed by atoms with Crippen LogP contribution in [0, 0.1) is 0 Å². The van der Waals surface area contributed by atoms with Crippen molar-refractivity contribution in [3.05, 3.63) is 11.1 Å². The molecule has 0 fully saturated rings. The molecule has 0 unspecified atom stereocenters. The van der Waals surface area contributed by atoms with Gasteiger partial charge in [0.15, 0.2) is 0 Å². The molecule has 0 nitrogen and oxygen atoms in total. The minimum atomic E-state index is -6.27. The Morgan fingerprint density at radius 3 is 1.46 bits per heavy atom. The fourth-order valence-corrected chi connectivity index (χ4v) is 0.705. The molecule has 0 aromatic rings. The van der Waals surface area contributed by atoms with Crippen LogP contribution >= 0.6 is 15.9 Å². The van der Waals surface area contributed by atoms with E-state index in [1.54, 1.807) is 0 Å². The van der Waals surface area contributed by atoms with Crippen LogP contribution in [-0.2, 0) is 0 Å². The van der Waals surface area contributed by atoms with Crippen molar-refractivity contribution in [3.63, 3.8) is 0 Å². The molecule has 0 heterocycles. The van der Waals surface area contributed by atoms with E-state index in [0.717, 1.165) is 0 Å². The average Bonchev–Trinajstić information content (AvgIpc) is 1.84. The van der Waals surface area contributed by atoms with Gasteiger partial charge in [0.05, 0.1) is 0 Å². The van der Waals surface area contributed by atoms with Gasteiger partial charge in [-0.2, -0.15) is 30.7 Å². The van der Waals surface area contributed by atoms with Crippen molar-refractivity contribution in [2.24, 2.45) is 0 Å². The van der Waals surface area contributed by atoms with E-state index in [-0.39, 0.29) is 4.99 Å². The summed E-state index contributed by atoms with van der Waals surface area (Å²) in [7, 11) is 0. The molecule has 0 aliphatic carbocycles. The predicted octanol–water partition coefficient (Wildman–Crippen LogP) is 3.73. The van der Waals surface area contributed by atoms with Gasteiger partial charge >= 0.3 is 18.0 Å². The predicted molar refractivity (Wildman–Crippen MR) is 34.0 cm³/mol. The number of hydrogen-bond acceptors (Lipinski definition) is 0. The van der Waals surface area contributed by atoms with E-state index in [4.69, 9.17) is 0 Å². The summed E-state index contributed by atoms with van der Waals surface area (Å²) in [5.74, 6) is -11.3. The summed E-state index contributed by atoms with van der Waals surface area (Å²) < 4.78 is 82.2. The molecule has 13 heavy (non-hydrogen) atoms. The third kappa shape index (κ3) is 2.35. The summed E-state index contributed by atoms with van der Waals surface area (Å²) in [4.78, 5) is 0.243. The van der Waals surface area contributed by atoms with Gasteiger partial charge in [0.25, 0.3) is 0 Å². The monoisotopic (exact) mass is 274 g/mol. The average molecular weight is 275 g/mol. The molecule has 78 valence electrons. The normalized spacial score (nSPS) is 15.4. The van der Waals surface area contributed by atoms with Crippen LogP contribution in [-0.4, -0.2) is 18.0 Å². The van der Waals surface area contributed by atoms with Crippen LogP contribution in [0.5, 0.6) is 0 Å². The molecule has 0 aliphatic rings. The molecule has 0 N–H and O–H groups in total. The molecular formula is C5H2BrF7. The Morgan fingerprint density at radius 2 is 1.23 bits per heavy atom. The first kappa shape index (κ1) is 12.7. The fourth-order valence-electron chi connectivity index (χ4n) is 0.373. The van der Waals surface area contributed by atoms with Crippen LogP contribution in [0.2, 0.25) is 0 Å². The molecule has 0 atom stereocenters. The molecule has 0 bridgehead atoms. The van der Waals surface area contributed by atoms with E-state index in [1.165, 1.54) is 0 Å². The summed E-state index contributed by atoms with van der Waals surface area (Å²) in [6.45, 7) is 0. The van der Waals surface area contributed by atoms with Crippen molar-refractivity contribution < 1.29 is 30.7 Å². The Bertz CT molecular complexity index is 203. The molecule has 0 spiro atoms. The molecule has 0 saturated carbocycles. The first-order valence-corrected chi connectivity index (χ1v) is 3.58. The van der Waals surface area contributed by atoms with Crippen molar-refractivity contribution in [2.45, 2.75) is 18.0 Å². The highest BCUT2D eigenvalue weighted by Gasteiger charge is 2.71. The van der Waals surface area contributed by atoms with Crippen LogP contribution in [0.3, 0.4) is 0 Å². The maximum absolute atomic E-state index is 12.1. The minimum Gasteiger partial charge on any atom is -0.195 e. The Labute approximate surface area is 76.5 Å². The third-order valence-corrected chi connectivity index (χ3v) is 1.31. The highest BCUT2D eigenvalue weighted by atomic mass is 79.9. The van der Waals surface area contributed by atoms with Gasteiger partial charge in [-0.3, -0.25) is 0 Å². The van der Waals surface area contributed by atoms with Crippen LogP contribution in [0.15, 0.2) is 11.1 Å². The Morgan fingerprint density at radius 1 is 0.846 bits per heavy atom. The van der Waals surface area contributed by atoms with Crippen molar-refractivity contribution in [2.75, 3.05) is 0 Å². The van der Waals surface area contributed by atoms with Crippen LogP contribution in [0.25, 0.3) is 0 Å². The summed E-state index contributed by atoms with van der Waals surface area (Å²) in [6, 6.07) is 0. The molecule has 0 amide bonds. The first-order valence-electron chi connectivity index (χ1n) is 2.66. The smallest absolute Gasteiger partial charge is 0.195 e. The Balaban J connectivity index is 5.03. The highest BCUT2D eigenvalue weighted by Crippen LogP contribution is 2.47. The molecule has 0 aromatic carbocycles. The maximum Gasteiger partial charge on any atom is 0.460 e. The summed E-state index contributed by atoms with van der Waals surface area (Å²) in [6.07, 6.45) is -6.84. The van der Waals surface area contributed by atoms with E-state index < -0.39 is 24.1 Å². The van der Waals surface area contributed by atoms with E-state index in [2.05, 4.69) is 15.9 Å². The third-order valence-electron chi connectivity index (χ3n) is 1.05. The Hall–Kier alpha value is -0.270. The molecule has 0 saturated heterocycles. The molecule has 8 heteroatoms. The highest BCUT2D eigenvalue weighted by molar-refractivity contribution is 9.11. The van der Waals surface area contributed by atoms with Gasteiger partial charge in [-0.05, 0) is 11.1 Å². The fraction of sp³-hybridized carbons (Fsp3) is 0.600. The van der Waals surface area contributed by atoms with Crippen LogP contribution in [0.4, 0.5) is 30.7 Å². The van der Waals surface area contributed by atoms with Crippen molar-refractivity contribution in [1.29, 1.82) is 0 Å². The van der Waals surface area contributed by atoms with Gasteiger partial charge in [-0.1, -0.05) is 15.9 Å². The second kappa shape index (κ2) is 3.47. The lowest BCUT2D eigenvalue weighted by Crippen LogP contribution is -2.50. The second-order valence-electron chi connectivity index (χ2n) is 1.99. The number of hydrogen-bond donors (Lipinski definition) is 0. The molecular weight excluding hydrogens is 273 g/mol. The lowest BCUT2D eigenvalue weighted by Gasteiger charge is -2.25. The largest absolute Gasteiger partial charge is 0.460 e. The molecule has 0 rings (SSSR count). The van der Waals surface area contributed by atoms with Gasteiger partial charge in [0.1, 0.15) is 0 Å².